The van der Waals surface area contributed by atoms with E-state index < -0.39 is 10.0 Å². The first-order valence-corrected chi connectivity index (χ1v) is 10.8. The van der Waals surface area contributed by atoms with Gasteiger partial charge in [-0.15, -0.1) is 11.3 Å². The van der Waals surface area contributed by atoms with Crippen molar-refractivity contribution in [3.63, 3.8) is 0 Å². The first kappa shape index (κ1) is 18.3. The predicted molar refractivity (Wildman–Crippen MR) is 111 cm³/mol. The van der Waals surface area contributed by atoms with Crippen LogP contribution in [0.5, 0.6) is 0 Å². The summed E-state index contributed by atoms with van der Waals surface area (Å²) in [4.78, 5) is 13.4. The average Bonchev–Trinajstić information content (AvgIpc) is 2.74. The van der Waals surface area contributed by atoms with E-state index in [0.717, 1.165) is 4.70 Å². The average molecular weight is 406 g/mol. The van der Waals surface area contributed by atoms with Crippen molar-refractivity contribution in [2.45, 2.75) is 4.90 Å². The molecule has 28 heavy (non-hydrogen) atoms. The van der Waals surface area contributed by atoms with Crippen molar-refractivity contribution in [2.75, 3.05) is 0 Å². The predicted octanol–water partition coefficient (Wildman–Crippen LogP) is 4.42. The Morgan fingerprint density at radius 3 is 2.11 bits per heavy atom. The molecule has 0 aliphatic rings. The molecular weight excluding hydrogens is 390 g/mol. The van der Waals surface area contributed by atoms with Crippen LogP contribution in [-0.4, -0.2) is 14.2 Å². The van der Waals surface area contributed by atoms with Crippen LogP contribution in [0.4, 0.5) is 0 Å². The minimum absolute atomic E-state index is 0.113. The maximum absolute atomic E-state index is 12.9. The zero-order valence-corrected chi connectivity index (χ0v) is 16.3. The van der Waals surface area contributed by atoms with Crippen molar-refractivity contribution in [1.82, 2.24) is 0 Å². The molecule has 0 saturated heterocycles. The van der Waals surface area contributed by atoms with E-state index in [-0.39, 0.29) is 16.0 Å². The molecule has 0 amide bonds. The Balaban J connectivity index is 1.94. The highest BCUT2D eigenvalue weighted by atomic mass is 32.2. The molecule has 0 unspecified atom stereocenters. The Kier molecular flexibility index (Phi) is 4.90. The van der Waals surface area contributed by atoms with E-state index in [9.17, 15) is 13.2 Å². The van der Waals surface area contributed by atoms with E-state index in [1.54, 1.807) is 48.5 Å². The lowest BCUT2D eigenvalue weighted by atomic mass is 10.1. The molecule has 0 N–H and O–H groups in total. The van der Waals surface area contributed by atoms with Gasteiger partial charge in [0.25, 0.3) is 10.0 Å². The summed E-state index contributed by atoms with van der Waals surface area (Å²) in [6, 6.07) is 25.9. The molecule has 4 rings (SSSR count). The molecule has 0 aliphatic carbocycles. The monoisotopic (exact) mass is 405 g/mol. The second kappa shape index (κ2) is 7.50. The summed E-state index contributed by atoms with van der Waals surface area (Å²) in [5.41, 5.74) is 0.547. The number of fused-ring (bicyclic) bond motifs is 1. The van der Waals surface area contributed by atoms with Crippen LogP contribution < -0.4 is 5.36 Å². The fraction of sp³-hybridized carbons (Fsp3) is 0. The van der Waals surface area contributed by atoms with Gasteiger partial charge in [-0.2, -0.15) is 12.8 Å². The Morgan fingerprint density at radius 2 is 1.39 bits per heavy atom. The molecule has 0 fully saturated rings. The van der Waals surface area contributed by atoms with Crippen molar-refractivity contribution in [3.05, 3.63) is 107 Å². The smallest absolute Gasteiger partial charge is 0.282 e. The Bertz CT molecular complexity index is 1330. The van der Waals surface area contributed by atoms with Gasteiger partial charge in [0.1, 0.15) is 0 Å². The van der Waals surface area contributed by atoms with Crippen LogP contribution in [0.1, 0.15) is 15.2 Å². The molecule has 0 bridgehead atoms. The molecule has 0 aliphatic heterocycles. The summed E-state index contributed by atoms with van der Waals surface area (Å²) in [7, 11) is -3.89. The highest BCUT2D eigenvalue weighted by Gasteiger charge is 2.15. The molecule has 6 heteroatoms. The molecular formula is C22H15NO3S2. The lowest BCUT2D eigenvalue weighted by molar-refractivity contribution is 0.104. The minimum atomic E-state index is -3.89. The molecule has 4 aromatic rings. The molecule has 0 atom stereocenters. The normalized spacial score (nSPS) is 12.2. The third-order valence-corrected chi connectivity index (χ3v) is 6.57. The summed E-state index contributed by atoms with van der Waals surface area (Å²) in [5.74, 6) is -0.162. The van der Waals surface area contributed by atoms with E-state index in [1.165, 1.54) is 23.5 Å². The first-order chi connectivity index (χ1) is 13.5. The topological polar surface area (TPSA) is 63.6 Å². The molecule has 138 valence electrons. The second-order valence-electron chi connectivity index (χ2n) is 6.07. The van der Waals surface area contributed by atoms with Gasteiger partial charge in [-0.3, -0.25) is 4.79 Å². The highest BCUT2D eigenvalue weighted by molar-refractivity contribution is 7.90. The van der Waals surface area contributed by atoms with Crippen molar-refractivity contribution < 1.29 is 13.2 Å². The SMILES string of the molecule is O=C(c1ccccc1)c1c/c(=N/S(=O)(=O)c2ccccc2)c2ccccc2s1. The Hall–Kier alpha value is -3.09. The molecule has 1 aromatic heterocycles. The van der Waals surface area contributed by atoms with Crippen molar-refractivity contribution in [1.29, 1.82) is 0 Å². The third-order valence-electron chi connectivity index (χ3n) is 4.17. The van der Waals surface area contributed by atoms with Gasteiger partial charge >= 0.3 is 0 Å². The number of nitrogens with zero attached hydrogens (tertiary/aromatic N) is 1. The van der Waals surface area contributed by atoms with Crippen molar-refractivity contribution in [2.24, 2.45) is 4.40 Å². The largest absolute Gasteiger partial charge is 0.288 e. The van der Waals surface area contributed by atoms with E-state index in [0.29, 0.717) is 15.8 Å². The number of rotatable bonds is 4. The zero-order chi connectivity index (χ0) is 19.6. The van der Waals surface area contributed by atoms with Gasteiger partial charge in [0.05, 0.1) is 15.1 Å². The van der Waals surface area contributed by atoms with E-state index in [2.05, 4.69) is 4.40 Å². The summed E-state index contributed by atoms with van der Waals surface area (Å²) < 4.78 is 30.3. The molecule has 3 aromatic carbocycles. The van der Waals surface area contributed by atoms with Crippen LogP contribution in [0.2, 0.25) is 0 Å². The highest BCUT2D eigenvalue weighted by Crippen LogP contribution is 2.22. The summed E-state index contributed by atoms with van der Waals surface area (Å²) in [6.07, 6.45) is 0. The number of hydrogen-bond donors (Lipinski definition) is 0. The summed E-state index contributed by atoms with van der Waals surface area (Å²) in [5, 5.41) is 0.953. The third kappa shape index (κ3) is 3.65. The number of benzene rings is 3. The Labute approximate surface area is 166 Å². The van der Waals surface area contributed by atoms with Gasteiger partial charge in [0, 0.05) is 15.6 Å². The summed E-state index contributed by atoms with van der Waals surface area (Å²) >= 11 is 1.32. The van der Waals surface area contributed by atoms with Gasteiger partial charge in [0.2, 0.25) is 5.78 Å². The molecule has 0 spiro atoms. The van der Waals surface area contributed by atoms with E-state index in [1.807, 2.05) is 30.3 Å². The van der Waals surface area contributed by atoms with Crippen LogP contribution >= 0.6 is 11.3 Å². The van der Waals surface area contributed by atoms with Gasteiger partial charge in [-0.1, -0.05) is 66.7 Å². The zero-order valence-electron chi connectivity index (χ0n) is 14.6. The number of carbonyl (C=O) groups excluding carboxylic acids is 1. The van der Waals surface area contributed by atoms with Gasteiger partial charge < -0.3 is 0 Å². The van der Waals surface area contributed by atoms with Crippen molar-refractivity contribution >= 4 is 37.2 Å². The minimum Gasteiger partial charge on any atom is -0.288 e. The van der Waals surface area contributed by atoms with Crippen LogP contribution in [0.15, 0.2) is 100 Å². The lowest BCUT2D eigenvalue weighted by Crippen LogP contribution is -2.11. The lowest BCUT2D eigenvalue weighted by Gasteiger charge is -2.04. The van der Waals surface area contributed by atoms with Gasteiger partial charge in [0.15, 0.2) is 0 Å². The Morgan fingerprint density at radius 1 is 0.786 bits per heavy atom. The molecule has 1 heterocycles. The number of ketones is 1. The number of hydrogen-bond acceptors (Lipinski definition) is 4. The second-order valence-corrected chi connectivity index (χ2v) is 8.75. The van der Waals surface area contributed by atoms with E-state index in [4.69, 9.17) is 0 Å². The molecule has 0 saturated carbocycles. The number of carbonyl (C=O) groups is 1. The van der Waals surface area contributed by atoms with E-state index >= 15 is 0 Å². The van der Waals surface area contributed by atoms with Gasteiger partial charge in [-0.05, 0) is 24.3 Å². The van der Waals surface area contributed by atoms with Crippen molar-refractivity contribution in [3.8, 4) is 0 Å². The maximum atomic E-state index is 12.9. The number of sulfonamides is 1. The van der Waals surface area contributed by atoms with Crippen LogP contribution in [-0.2, 0) is 10.0 Å². The van der Waals surface area contributed by atoms with Gasteiger partial charge in [-0.25, -0.2) is 0 Å². The first-order valence-electron chi connectivity index (χ1n) is 8.53. The quantitative estimate of drug-likeness (QED) is 0.472. The fourth-order valence-corrected chi connectivity index (χ4v) is 4.87. The standard InChI is InChI=1S/C22H15NO3S2/c24-22(16-9-3-1-4-10-16)21-15-19(18-13-7-8-14-20(18)27-21)23-28(25,26)17-11-5-2-6-12-17/h1-15H/b23-19-. The van der Waals surface area contributed by atoms with Crippen LogP contribution in [0.3, 0.4) is 0 Å². The maximum Gasteiger partial charge on any atom is 0.282 e. The van der Waals surface area contributed by atoms with Crippen LogP contribution in [0, 0.1) is 0 Å². The molecule has 0 radical (unpaired) electrons. The molecule has 4 nitrogen and oxygen atoms in total. The fourth-order valence-electron chi connectivity index (χ4n) is 2.81. The summed E-state index contributed by atoms with van der Waals surface area (Å²) in [6.45, 7) is 0. The van der Waals surface area contributed by atoms with Crippen LogP contribution in [0.25, 0.3) is 10.1 Å².